The fourth-order valence-electron chi connectivity index (χ4n) is 1.80. The number of thiophene rings is 1. The molecule has 0 aliphatic heterocycles. The maximum Gasteiger partial charge on any atom is 0.419 e. The quantitative estimate of drug-likeness (QED) is 0.911. The Hall–Kier alpha value is -1.56. The summed E-state index contributed by atoms with van der Waals surface area (Å²) in [6.07, 6.45) is -2.37. The van der Waals surface area contributed by atoms with Gasteiger partial charge in [0.05, 0.1) is 5.56 Å². The molecule has 1 unspecified atom stereocenters. The van der Waals surface area contributed by atoms with Crippen molar-refractivity contribution in [3.05, 3.63) is 46.3 Å². The van der Waals surface area contributed by atoms with Crippen molar-refractivity contribution in [1.29, 1.82) is 0 Å². The van der Waals surface area contributed by atoms with Crippen molar-refractivity contribution < 1.29 is 13.2 Å². The van der Waals surface area contributed by atoms with E-state index < -0.39 is 11.7 Å². The van der Waals surface area contributed by atoms with Gasteiger partial charge in [0.2, 0.25) is 0 Å². The standard InChI is InChI=1S/C13H13F3N2S/c1-9(7-10-4-6-19-8-10)18-12-11(13(14,15)16)3-2-5-17-12/h2-6,8-9H,7H2,1H3,(H,17,18). The Bertz CT molecular complexity index is 523. The van der Waals surface area contributed by atoms with Crippen LogP contribution in [0.5, 0.6) is 0 Å². The minimum Gasteiger partial charge on any atom is -0.367 e. The number of alkyl halides is 3. The SMILES string of the molecule is CC(Cc1ccsc1)Nc1ncccc1C(F)(F)F. The molecule has 2 rings (SSSR count). The third kappa shape index (κ3) is 3.70. The molecule has 0 aromatic carbocycles. The summed E-state index contributed by atoms with van der Waals surface area (Å²) in [5, 5.41) is 6.76. The lowest BCUT2D eigenvalue weighted by molar-refractivity contribution is -0.137. The lowest BCUT2D eigenvalue weighted by Gasteiger charge is -2.17. The molecule has 0 aliphatic rings. The molecule has 0 saturated heterocycles. The first-order valence-corrected chi connectivity index (χ1v) is 6.71. The van der Waals surface area contributed by atoms with Crippen LogP contribution in [0.25, 0.3) is 0 Å². The summed E-state index contributed by atoms with van der Waals surface area (Å²) in [5.74, 6) is -0.113. The molecule has 2 aromatic heterocycles. The first-order valence-electron chi connectivity index (χ1n) is 5.76. The average Bonchev–Trinajstić information content (AvgIpc) is 2.81. The predicted molar refractivity (Wildman–Crippen MR) is 70.3 cm³/mol. The lowest BCUT2D eigenvalue weighted by Crippen LogP contribution is -2.21. The van der Waals surface area contributed by atoms with Gasteiger partial charge in [0, 0.05) is 12.2 Å². The first kappa shape index (κ1) is 13.9. The molecule has 2 nitrogen and oxygen atoms in total. The molecule has 0 amide bonds. The number of rotatable bonds is 4. The second-order valence-corrected chi connectivity index (χ2v) is 5.06. The highest BCUT2D eigenvalue weighted by molar-refractivity contribution is 7.07. The summed E-state index contributed by atoms with van der Waals surface area (Å²) in [6.45, 7) is 1.84. The molecule has 2 heterocycles. The van der Waals surface area contributed by atoms with Gasteiger partial charge in [-0.3, -0.25) is 0 Å². The van der Waals surface area contributed by atoms with Gasteiger partial charge < -0.3 is 5.32 Å². The summed E-state index contributed by atoms with van der Waals surface area (Å²) in [5.41, 5.74) is 0.377. The van der Waals surface area contributed by atoms with Crippen LogP contribution in [0, 0.1) is 0 Å². The molecule has 19 heavy (non-hydrogen) atoms. The highest BCUT2D eigenvalue weighted by Crippen LogP contribution is 2.33. The molecular formula is C13H13F3N2S. The van der Waals surface area contributed by atoms with E-state index in [0.29, 0.717) is 6.42 Å². The molecule has 0 saturated carbocycles. The first-order chi connectivity index (χ1) is 8.97. The van der Waals surface area contributed by atoms with Crippen LogP contribution in [0.3, 0.4) is 0 Å². The fourth-order valence-corrected chi connectivity index (χ4v) is 2.48. The van der Waals surface area contributed by atoms with E-state index in [1.165, 1.54) is 12.3 Å². The normalized spacial score (nSPS) is 13.3. The average molecular weight is 286 g/mol. The summed E-state index contributed by atoms with van der Waals surface area (Å²) in [4.78, 5) is 3.79. The number of aromatic nitrogens is 1. The van der Waals surface area contributed by atoms with E-state index in [2.05, 4.69) is 10.3 Å². The largest absolute Gasteiger partial charge is 0.419 e. The van der Waals surface area contributed by atoms with Gasteiger partial charge in [0.1, 0.15) is 5.82 Å². The van der Waals surface area contributed by atoms with Crippen molar-refractivity contribution >= 4 is 17.2 Å². The molecule has 0 bridgehead atoms. The zero-order valence-electron chi connectivity index (χ0n) is 10.2. The number of hydrogen-bond acceptors (Lipinski definition) is 3. The van der Waals surface area contributed by atoms with E-state index in [9.17, 15) is 13.2 Å². The van der Waals surface area contributed by atoms with Crippen LogP contribution < -0.4 is 5.32 Å². The zero-order chi connectivity index (χ0) is 13.9. The van der Waals surface area contributed by atoms with E-state index in [0.717, 1.165) is 11.6 Å². The van der Waals surface area contributed by atoms with Gasteiger partial charge in [-0.1, -0.05) is 0 Å². The minimum atomic E-state index is -4.39. The minimum absolute atomic E-state index is 0.113. The molecule has 6 heteroatoms. The van der Waals surface area contributed by atoms with Crippen LogP contribution in [0.4, 0.5) is 19.0 Å². The van der Waals surface area contributed by atoms with Crippen LogP contribution in [0.15, 0.2) is 35.2 Å². The van der Waals surface area contributed by atoms with Gasteiger partial charge >= 0.3 is 6.18 Å². The van der Waals surface area contributed by atoms with Crippen LogP contribution in [0.2, 0.25) is 0 Å². The second-order valence-electron chi connectivity index (χ2n) is 4.28. The summed E-state index contributed by atoms with van der Waals surface area (Å²) in [7, 11) is 0. The van der Waals surface area contributed by atoms with Crippen molar-refractivity contribution in [3.8, 4) is 0 Å². The van der Waals surface area contributed by atoms with Crippen LogP contribution >= 0.6 is 11.3 Å². The number of hydrogen-bond donors (Lipinski definition) is 1. The molecule has 1 atom stereocenters. The van der Waals surface area contributed by atoms with Crippen molar-refractivity contribution in [2.24, 2.45) is 0 Å². The maximum atomic E-state index is 12.8. The van der Waals surface area contributed by atoms with Crippen molar-refractivity contribution in [1.82, 2.24) is 4.98 Å². The van der Waals surface area contributed by atoms with Gasteiger partial charge in [-0.15, -0.1) is 0 Å². The van der Waals surface area contributed by atoms with Crippen molar-refractivity contribution in [3.63, 3.8) is 0 Å². The Kier molecular flexibility index (Phi) is 4.09. The monoisotopic (exact) mass is 286 g/mol. The maximum absolute atomic E-state index is 12.8. The number of anilines is 1. The molecule has 0 fully saturated rings. The van der Waals surface area contributed by atoms with Gasteiger partial charge in [0.25, 0.3) is 0 Å². The molecule has 0 spiro atoms. The van der Waals surface area contributed by atoms with E-state index in [1.54, 1.807) is 11.3 Å². The number of nitrogens with one attached hydrogen (secondary N) is 1. The smallest absolute Gasteiger partial charge is 0.367 e. The van der Waals surface area contributed by atoms with E-state index in [-0.39, 0.29) is 11.9 Å². The molecule has 0 aliphatic carbocycles. The van der Waals surface area contributed by atoms with Gasteiger partial charge in [-0.05, 0) is 47.9 Å². The predicted octanol–water partition coefficient (Wildman–Crippen LogP) is 4.21. The molecule has 0 radical (unpaired) electrons. The summed E-state index contributed by atoms with van der Waals surface area (Å²) >= 11 is 1.57. The Morgan fingerprint density at radius 1 is 1.37 bits per heavy atom. The van der Waals surface area contributed by atoms with Crippen molar-refractivity contribution in [2.45, 2.75) is 25.6 Å². The third-order valence-electron chi connectivity index (χ3n) is 2.62. The number of pyridine rings is 1. The highest BCUT2D eigenvalue weighted by Gasteiger charge is 2.34. The number of nitrogens with zero attached hydrogens (tertiary/aromatic N) is 1. The Balaban J connectivity index is 2.10. The number of halogens is 3. The van der Waals surface area contributed by atoms with Crippen molar-refractivity contribution in [2.75, 3.05) is 5.32 Å². The lowest BCUT2D eigenvalue weighted by atomic mass is 10.1. The van der Waals surface area contributed by atoms with Crippen LogP contribution in [0.1, 0.15) is 18.1 Å². The fraction of sp³-hybridized carbons (Fsp3) is 0.308. The van der Waals surface area contributed by atoms with E-state index in [1.807, 2.05) is 23.8 Å². The Labute approximate surface area is 113 Å². The zero-order valence-corrected chi connectivity index (χ0v) is 11.1. The molecular weight excluding hydrogens is 273 g/mol. The van der Waals surface area contributed by atoms with Gasteiger partial charge in [-0.2, -0.15) is 24.5 Å². The van der Waals surface area contributed by atoms with Gasteiger partial charge in [-0.25, -0.2) is 4.98 Å². The highest BCUT2D eigenvalue weighted by atomic mass is 32.1. The Morgan fingerprint density at radius 2 is 2.16 bits per heavy atom. The van der Waals surface area contributed by atoms with Crippen LogP contribution in [-0.4, -0.2) is 11.0 Å². The van der Waals surface area contributed by atoms with E-state index >= 15 is 0 Å². The Morgan fingerprint density at radius 3 is 2.79 bits per heavy atom. The van der Waals surface area contributed by atoms with E-state index in [4.69, 9.17) is 0 Å². The van der Waals surface area contributed by atoms with Gasteiger partial charge in [0.15, 0.2) is 0 Å². The second kappa shape index (κ2) is 5.61. The summed E-state index contributed by atoms with van der Waals surface area (Å²) < 4.78 is 38.4. The third-order valence-corrected chi connectivity index (χ3v) is 3.35. The molecule has 102 valence electrons. The molecule has 2 aromatic rings. The van der Waals surface area contributed by atoms with Crippen LogP contribution in [-0.2, 0) is 12.6 Å². The summed E-state index contributed by atoms with van der Waals surface area (Å²) in [6, 6.07) is 4.17. The topological polar surface area (TPSA) is 24.9 Å². The molecule has 1 N–H and O–H groups in total.